The summed E-state index contributed by atoms with van der Waals surface area (Å²) in [4.78, 5) is 19.5. The Morgan fingerprint density at radius 3 is 2.12 bits per heavy atom. The van der Waals surface area contributed by atoms with E-state index in [0.29, 0.717) is 18.0 Å². The van der Waals surface area contributed by atoms with Gasteiger partial charge >= 0.3 is 6.09 Å². The standard InChI is InChI=1S/C25H39N3O4/c1-25(2,3)32-24(29)27-16-21-9-10-22(17-27)28(21)20-8-6-7-19(15-20)26-13-11-18(12-14-26)23(30-4)31-5/h6-8,15,18,21-23H,9-14,16-17H2,1-5H3. The van der Waals surface area contributed by atoms with Gasteiger partial charge in [-0.05, 0) is 64.7 Å². The second-order valence-corrected chi connectivity index (χ2v) is 10.4. The van der Waals surface area contributed by atoms with Crippen LogP contribution in [0.15, 0.2) is 24.3 Å². The number of hydrogen-bond acceptors (Lipinski definition) is 6. The van der Waals surface area contributed by atoms with Crippen molar-refractivity contribution in [1.29, 1.82) is 0 Å². The minimum Gasteiger partial charge on any atom is -0.444 e. The number of ether oxygens (including phenoxy) is 3. The second-order valence-electron chi connectivity index (χ2n) is 10.4. The van der Waals surface area contributed by atoms with Gasteiger partial charge in [0.1, 0.15) is 5.60 Å². The minimum absolute atomic E-state index is 0.111. The molecule has 2 bridgehead atoms. The average Bonchev–Trinajstić information content (AvgIpc) is 3.03. The highest BCUT2D eigenvalue weighted by Gasteiger charge is 2.42. The molecular weight excluding hydrogens is 406 g/mol. The first-order valence-corrected chi connectivity index (χ1v) is 12.0. The van der Waals surface area contributed by atoms with Crippen molar-refractivity contribution in [3.8, 4) is 0 Å². The minimum atomic E-state index is -0.457. The van der Waals surface area contributed by atoms with Crippen LogP contribution in [0.2, 0.25) is 0 Å². The van der Waals surface area contributed by atoms with Crippen LogP contribution >= 0.6 is 0 Å². The number of nitrogens with zero attached hydrogens (tertiary/aromatic N) is 3. The maximum Gasteiger partial charge on any atom is 0.410 e. The second kappa shape index (κ2) is 9.48. The highest BCUT2D eigenvalue weighted by Crippen LogP contribution is 2.37. The summed E-state index contributed by atoms with van der Waals surface area (Å²) in [5, 5.41) is 0. The number of likely N-dealkylation sites (tertiary alicyclic amines) is 1. The Balaban J connectivity index is 1.41. The number of anilines is 2. The van der Waals surface area contributed by atoms with Gasteiger partial charge in [-0.25, -0.2) is 4.79 Å². The van der Waals surface area contributed by atoms with Crippen LogP contribution in [0.25, 0.3) is 0 Å². The molecular formula is C25H39N3O4. The van der Waals surface area contributed by atoms with E-state index in [2.05, 4.69) is 34.1 Å². The van der Waals surface area contributed by atoms with Crippen LogP contribution in [-0.4, -0.2) is 75.4 Å². The Morgan fingerprint density at radius 1 is 0.969 bits per heavy atom. The number of piperidine rings is 1. The summed E-state index contributed by atoms with van der Waals surface area (Å²) in [5.41, 5.74) is 2.09. The van der Waals surface area contributed by atoms with E-state index in [1.165, 1.54) is 11.4 Å². The third-order valence-corrected chi connectivity index (χ3v) is 7.02. The van der Waals surface area contributed by atoms with Crippen LogP contribution in [0.5, 0.6) is 0 Å². The molecule has 1 aromatic rings. The SMILES string of the molecule is COC(OC)C1CCN(c2cccc(N3C4CCC3CN(C(=O)OC(C)(C)C)C4)c2)CC1. The Hall–Kier alpha value is -1.99. The zero-order valence-electron chi connectivity index (χ0n) is 20.3. The lowest BCUT2D eigenvalue weighted by atomic mass is 9.95. The summed E-state index contributed by atoms with van der Waals surface area (Å²) in [6.07, 6.45) is 4.08. The molecule has 0 aromatic heterocycles. The maximum absolute atomic E-state index is 12.6. The average molecular weight is 446 g/mol. The number of carbonyl (C=O) groups excluding carboxylic acids is 1. The summed E-state index contributed by atoms with van der Waals surface area (Å²) in [5.74, 6) is 0.446. The lowest BCUT2D eigenvalue weighted by Crippen LogP contribution is -2.56. The fraction of sp³-hybridized carbons (Fsp3) is 0.720. The van der Waals surface area contributed by atoms with Gasteiger partial charge in [-0.1, -0.05) is 6.07 Å². The Labute approximate surface area is 192 Å². The van der Waals surface area contributed by atoms with Crippen LogP contribution in [0.1, 0.15) is 46.5 Å². The molecule has 0 N–H and O–H groups in total. The Bertz CT molecular complexity index is 770. The van der Waals surface area contributed by atoms with E-state index < -0.39 is 5.60 Å². The van der Waals surface area contributed by atoms with E-state index in [9.17, 15) is 4.79 Å². The van der Waals surface area contributed by atoms with E-state index in [4.69, 9.17) is 14.2 Å². The molecule has 3 saturated heterocycles. The maximum atomic E-state index is 12.6. The smallest absolute Gasteiger partial charge is 0.410 e. The first kappa shape index (κ1) is 23.2. The molecule has 0 spiro atoms. The van der Waals surface area contributed by atoms with Gasteiger partial charge in [0.15, 0.2) is 6.29 Å². The van der Waals surface area contributed by atoms with E-state index in [1.807, 2.05) is 25.7 Å². The summed E-state index contributed by atoms with van der Waals surface area (Å²) >= 11 is 0. The number of piperazine rings is 1. The molecule has 32 heavy (non-hydrogen) atoms. The number of rotatable bonds is 5. The summed E-state index contributed by atoms with van der Waals surface area (Å²) in [6, 6.07) is 9.64. The third-order valence-electron chi connectivity index (χ3n) is 7.02. The largest absolute Gasteiger partial charge is 0.444 e. The van der Waals surface area contributed by atoms with Crippen molar-refractivity contribution in [1.82, 2.24) is 4.90 Å². The van der Waals surface area contributed by atoms with Gasteiger partial charge in [0.2, 0.25) is 0 Å². The monoisotopic (exact) mass is 445 g/mol. The number of amides is 1. The molecule has 3 aliphatic rings. The van der Waals surface area contributed by atoms with Crippen LogP contribution < -0.4 is 9.80 Å². The highest BCUT2D eigenvalue weighted by molar-refractivity contribution is 5.70. The quantitative estimate of drug-likeness (QED) is 0.636. The zero-order valence-corrected chi connectivity index (χ0v) is 20.3. The van der Waals surface area contributed by atoms with Crippen molar-refractivity contribution in [3.63, 3.8) is 0 Å². The number of methoxy groups -OCH3 is 2. The van der Waals surface area contributed by atoms with Gasteiger partial charge < -0.3 is 28.9 Å². The Kier molecular flexibility index (Phi) is 6.86. The van der Waals surface area contributed by atoms with Crippen molar-refractivity contribution in [2.24, 2.45) is 5.92 Å². The van der Waals surface area contributed by atoms with Gasteiger partial charge in [-0.15, -0.1) is 0 Å². The molecule has 4 rings (SSSR count). The molecule has 7 heteroatoms. The van der Waals surface area contributed by atoms with Crippen LogP contribution in [0, 0.1) is 5.92 Å². The van der Waals surface area contributed by atoms with Crippen molar-refractivity contribution in [2.45, 2.75) is 70.4 Å². The molecule has 1 amide bonds. The number of carbonyl (C=O) groups is 1. The lowest BCUT2D eigenvalue weighted by Gasteiger charge is -2.43. The molecule has 2 unspecified atom stereocenters. The van der Waals surface area contributed by atoms with Crippen molar-refractivity contribution in [2.75, 3.05) is 50.2 Å². The molecule has 3 heterocycles. The first-order valence-electron chi connectivity index (χ1n) is 12.0. The summed E-state index contributed by atoms with van der Waals surface area (Å²) < 4.78 is 16.6. The lowest BCUT2D eigenvalue weighted by molar-refractivity contribution is -0.141. The molecule has 1 aromatic carbocycles. The van der Waals surface area contributed by atoms with Crippen LogP contribution in [0.3, 0.4) is 0 Å². The molecule has 0 radical (unpaired) electrons. The molecule has 178 valence electrons. The van der Waals surface area contributed by atoms with Gasteiger partial charge in [0, 0.05) is 69.8 Å². The molecule has 0 aliphatic carbocycles. The number of hydrogen-bond donors (Lipinski definition) is 0. The molecule has 2 atom stereocenters. The topological polar surface area (TPSA) is 54.5 Å². The predicted octanol–water partition coefficient (Wildman–Crippen LogP) is 4.11. The number of benzene rings is 1. The van der Waals surface area contributed by atoms with Crippen molar-refractivity contribution in [3.05, 3.63) is 24.3 Å². The van der Waals surface area contributed by atoms with Crippen molar-refractivity contribution >= 4 is 17.5 Å². The van der Waals surface area contributed by atoms with Gasteiger partial charge in [0.25, 0.3) is 0 Å². The van der Waals surface area contributed by atoms with Crippen LogP contribution in [-0.2, 0) is 14.2 Å². The van der Waals surface area contributed by atoms with E-state index in [1.54, 1.807) is 14.2 Å². The Morgan fingerprint density at radius 2 is 1.56 bits per heavy atom. The normalized spacial score (nSPS) is 24.4. The molecule has 0 saturated carbocycles. The highest BCUT2D eigenvalue weighted by atomic mass is 16.7. The number of fused-ring (bicyclic) bond motifs is 2. The fourth-order valence-corrected chi connectivity index (χ4v) is 5.56. The van der Waals surface area contributed by atoms with Crippen LogP contribution in [0.4, 0.5) is 16.2 Å². The molecule has 7 nitrogen and oxygen atoms in total. The summed E-state index contributed by atoms with van der Waals surface area (Å²) in [6.45, 7) is 9.26. The van der Waals surface area contributed by atoms with Gasteiger partial charge in [0.05, 0.1) is 0 Å². The third kappa shape index (κ3) is 4.99. The van der Waals surface area contributed by atoms with E-state index in [0.717, 1.165) is 51.9 Å². The predicted molar refractivity (Wildman–Crippen MR) is 126 cm³/mol. The van der Waals surface area contributed by atoms with Gasteiger partial charge in [-0.2, -0.15) is 0 Å². The molecule has 3 fully saturated rings. The van der Waals surface area contributed by atoms with Gasteiger partial charge in [-0.3, -0.25) is 0 Å². The van der Waals surface area contributed by atoms with E-state index >= 15 is 0 Å². The molecule has 3 aliphatic heterocycles. The summed E-state index contributed by atoms with van der Waals surface area (Å²) in [7, 11) is 3.45. The zero-order chi connectivity index (χ0) is 22.9. The fourth-order valence-electron chi connectivity index (χ4n) is 5.56. The van der Waals surface area contributed by atoms with Crippen molar-refractivity contribution < 1.29 is 19.0 Å². The first-order chi connectivity index (χ1) is 15.3. The van der Waals surface area contributed by atoms with E-state index in [-0.39, 0.29) is 12.4 Å².